The monoisotopic (exact) mass is 287 g/mol. The van der Waals surface area contributed by atoms with E-state index in [1.54, 1.807) is 0 Å². The standard InChI is InChI=1S/C8H14ClNO4S2/c1-15(11,12)10-5-2-7(6-10)8(3-4-8)16(9,13)14/h7H,2-6H2,1H3. The summed E-state index contributed by atoms with van der Waals surface area (Å²) >= 11 is 0. The average molecular weight is 288 g/mol. The van der Waals surface area contributed by atoms with Crippen molar-refractivity contribution in [2.45, 2.75) is 24.0 Å². The van der Waals surface area contributed by atoms with Gasteiger partial charge in [-0.15, -0.1) is 0 Å². The first kappa shape index (κ1) is 12.6. The van der Waals surface area contributed by atoms with Crippen molar-refractivity contribution in [2.24, 2.45) is 5.92 Å². The fraction of sp³-hybridized carbons (Fsp3) is 1.00. The van der Waals surface area contributed by atoms with E-state index in [0.29, 0.717) is 25.8 Å². The fourth-order valence-corrected chi connectivity index (χ4v) is 5.34. The van der Waals surface area contributed by atoms with Crippen LogP contribution in [0.4, 0.5) is 0 Å². The maximum absolute atomic E-state index is 11.5. The molecule has 1 atom stereocenters. The van der Waals surface area contributed by atoms with Crippen LogP contribution in [-0.4, -0.2) is 45.2 Å². The molecule has 1 saturated carbocycles. The average Bonchev–Trinajstić information content (AvgIpc) is 2.75. The second-order valence-corrected chi connectivity index (χ2v) is 9.50. The highest BCUT2D eigenvalue weighted by Gasteiger charge is 2.60. The van der Waals surface area contributed by atoms with E-state index < -0.39 is 23.8 Å². The molecule has 5 nitrogen and oxygen atoms in total. The van der Waals surface area contributed by atoms with Gasteiger partial charge in [0.1, 0.15) is 0 Å². The van der Waals surface area contributed by atoms with E-state index in [9.17, 15) is 16.8 Å². The minimum atomic E-state index is -3.59. The smallest absolute Gasteiger partial charge is 0.213 e. The Morgan fingerprint density at radius 1 is 1.25 bits per heavy atom. The summed E-state index contributed by atoms with van der Waals surface area (Å²) in [6.07, 6.45) is 2.84. The van der Waals surface area contributed by atoms with Crippen LogP contribution < -0.4 is 0 Å². The molecular weight excluding hydrogens is 274 g/mol. The maximum atomic E-state index is 11.5. The summed E-state index contributed by atoms with van der Waals surface area (Å²) in [5.41, 5.74) is 0. The number of hydrogen-bond acceptors (Lipinski definition) is 4. The largest absolute Gasteiger partial charge is 0.238 e. The van der Waals surface area contributed by atoms with E-state index in [1.165, 1.54) is 4.31 Å². The summed E-state index contributed by atoms with van der Waals surface area (Å²) in [6.45, 7) is 0.683. The summed E-state index contributed by atoms with van der Waals surface area (Å²) < 4.78 is 46.0. The summed E-state index contributed by atoms with van der Waals surface area (Å²) in [6, 6.07) is 0. The van der Waals surface area contributed by atoms with E-state index in [1.807, 2.05) is 0 Å². The molecule has 94 valence electrons. The predicted molar refractivity (Wildman–Crippen MR) is 61.3 cm³/mol. The van der Waals surface area contributed by atoms with Crippen LogP contribution in [0.25, 0.3) is 0 Å². The lowest BCUT2D eigenvalue weighted by Crippen LogP contribution is -2.33. The van der Waals surface area contributed by atoms with Crippen LogP contribution in [0.15, 0.2) is 0 Å². The molecule has 0 bridgehead atoms. The third-order valence-corrected chi connectivity index (χ3v) is 7.50. The molecule has 0 N–H and O–H groups in total. The first-order valence-electron chi connectivity index (χ1n) is 5.06. The minimum Gasteiger partial charge on any atom is -0.213 e. The lowest BCUT2D eigenvalue weighted by molar-refractivity contribution is 0.443. The summed E-state index contributed by atoms with van der Waals surface area (Å²) in [4.78, 5) is 0. The zero-order valence-corrected chi connectivity index (χ0v) is 11.3. The Labute approximate surface area is 100 Å². The normalized spacial score (nSPS) is 30.5. The van der Waals surface area contributed by atoms with Gasteiger partial charge in [-0.05, 0) is 25.2 Å². The lowest BCUT2D eigenvalue weighted by Gasteiger charge is -2.19. The van der Waals surface area contributed by atoms with Crippen LogP contribution in [0.1, 0.15) is 19.3 Å². The third-order valence-electron chi connectivity index (χ3n) is 3.59. The molecule has 0 aromatic rings. The van der Waals surface area contributed by atoms with Gasteiger partial charge in [0.2, 0.25) is 19.1 Å². The Kier molecular flexibility index (Phi) is 2.81. The van der Waals surface area contributed by atoms with Crippen molar-refractivity contribution in [1.82, 2.24) is 4.31 Å². The quantitative estimate of drug-likeness (QED) is 0.703. The molecule has 1 saturated heterocycles. The summed E-state index contributed by atoms with van der Waals surface area (Å²) in [5, 5.41) is 0. The molecule has 0 amide bonds. The van der Waals surface area contributed by atoms with Gasteiger partial charge in [0, 0.05) is 23.8 Å². The van der Waals surface area contributed by atoms with Crippen molar-refractivity contribution in [1.29, 1.82) is 0 Å². The molecule has 0 aromatic heterocycles. The van der Waals surface area contributed by atoms with Gasteiger partial charge in [0.15, 0.2) is 0 Å². The molecule has 16 heavy (non-hydrogen) atoms. The molecule has 0 radical (unpaired) electrons. The number of halogens is 1. The van der Waals surface area contributed by atoms with E-state index in [4.69, 9.17) is 10.7 Å². The highest BCUT2D eigenvalue weighted by atomic mass is 35.7. The van der Waals surface area contributed by atoms with E-state index >= 15 is 0 Å². The molecule has 2 aliphatic rings. The lowest BCUT2D eigenvalue weighted by atomic mass is 10.0. The summed E-state index contributed by atoms with van der Waals surface area (Å²) in [7, 11) is -1.38. The molecule has 1 heterocycles. The van der Waals surface area contributed by atoms with Crippen molar-refractivity contribution in [3.8, 4) is 0 Å². The van der Waals surface area contributed by atoms with Crippen LogP contribution in [0, 0.1) is 5.92 Å². The zero-order valence-electron chi connectivity index (χ0n) is 8.89. The molecule has 0 spiro atoms. The van der Waals surface area contributed by atoms with Gasteiger partial charge in [-0.2, -0.15) is 0 Å². The Hall–Kier alpha value is 0.150. The van der Waals surface area contributed by atoms with Gasteiger partial charge < -0.3 is 0 Å². The van der Waals surface area contributed by atoms with Gasteiger partial charge in [0.05, 0.1) is 11.0 Å². The highest BCUT2D eigenvalue weighted by molar-refractivity contribution is 8.15. The highest BCUT2D eigenvalue weighted by Crippen LogP contribution is 2.54. The molecular formula is C8H14ClNO4S2. The van der Waals surface area contributed by atoms with Crippen LogP contribution in [-0.2, 0) is 19.1 Å². The fourth-order valence-electron chi connectivity index (χ4n) is 2.43. The number of hydrogen-bond donors (Lipinski definition) is 0. The van der Waals surface area contributed by atoms with Crippen molar-refractivity contribution >= 4 is 29.8 Å². The van der Waals surface area contributed by atoms with Gasteiger partial charge in [-0.3, -0.25) is 0 Å². The Balaban J connectivity index is 2.17. The van der Waals surface area contributed by atoms with E-state index in [2.05, 4.69) is 0 Å². The van der Waals surface area contributed by atoms with E-state index in [0.717, 1.165) is 6.26 Å². The molecule has 2 rings (SSSR count). The molecule has 1 aliphatic heterocycles. The topological polar surface area (TPSA) is 71.5 Å². The number of nitrogens with zero attached hydrogens (tertiary/aromatic N) is 1. The van der Waals surface area contributed by atoms with Crippen molar-refractivity contribution in [3.05, 3.63) is 0 Å². The van der Waals surface area contributed by atoms with Crippen LogP contribution in [0.3, 0.4) is 0 Å². The second kappa shape index (κ2) is 3.57. The van der Waals surface area contributed by atoms with E-state index in [-0.39, 0.29) is 12.5 Å². The van der Waals surface area contributed by atoms with Gasteiger partial charge in [-0.1, -0.05) is 0 Å². The van der Waals surface area contributed by atoms with Crippen molar-refractivity contribution < 1.29 is 16.8 Å². The summed E-state index contributed by atoms with van der Waals surface area (Å²) in [5.74, 6) is -0.148. The molecule has 8 heteroatoms. The molecule has 2 fully saturated rings. The predicted octanol–water partition coefficient (Wildman–Crippen LogP) is 0.369. The third kappa shape index (κ3) is 1.98. The van der Waals surface area contributed by atoms with Crippen LogP contribution in [0.2, 0.25) is 0 Å². The first-order chi connectivity index (χ1) is 7.17. The molecule has 0 aromatic carbocycles. The van der Waals surface area contributed by atoms with Gasteiger partial charge in [-0.25, -0.2) is 21.1 Å². The minimum absolute atomic E-state index is 0.148. The van der Waals surface area contributed by atoms with Gasteiger partial charge in [0.25, 0.3) is 0 Å². The Morgan fingerprint density at radius 2 is 1.81 bits per heavy atom. The second-order valence-electron chi connectivity index (χ2n) is 4.61. The van der Waals surface area contributed by atoms with Crippen LogP contribution >= 0.6 is 10.7 Å². The van der Waals surface area contributed by atoms with Crippen LogP contribution in [0.5, 0.6) is 0 Å². The SMILES string of the molecule is CS(=O)(=O)N1CCC(C2(S(=O)(=O)Cl)CC2)C1. The number of rotatable bonds is 3. The van der Waals surface area contributed by atoms with Crippen molar-refractivity contribution in [2.75, 3.05) is 19.3 Å². The van der Waals surface area contributed by atoms with Gasteiger partial charge >= 0.3 is 0 Å². The molecule has 1 aliphatic carbocycles. The Bertz CT molecular complexity index is 494. The zero-order chi connectivity index (χ0) is 12.2. The Morgan fingerprint density at radius 3 is 2.12 bits per heavy atom. The number of sulfonamides is 1. The maximum Gasteiger partial charge on any atom is 0.238 e. The first-order valence-corrected chi connectivity index (χ1v) is 9.22. The van der Waals surface area contributed by atoms with Crippen molar-refractivity contribution in [3.63, 3.8) is 0 Å². The molecule has 1 unspecified atom stereocenters.